The van der Waals surface area contributed by atoms with Crippen molar-refractivity contribution < 1.29 is 4.74 Å². The third-order valence-electron chi connectivity index (χ3n) is 4.35. The highest BCUT2D eigenvalue weighted by molar-refractivity contribution is 5.92. The lowest BCUT2D eigenvalue weighted by Gasteiger charge is -2.13. The Bertz CT molecular complexity index is 1060. The number of para-hydroxylation sites is 2. The Labute approximate surface area is 152 Å². The second kappa shape index (κ2) is 6.84. The van der Waals surface area contributed by atoms with Crippen LogP contribution in [0.5, 0.6) is 5.75 Å². The maximum Gasteiger partial charge on any atom is 0.162 e. The van der Waals surface area contributed by atoms with Gasteiger partial charge in [0.1, 0.15) is 11.6 Å². The number of anilines is 2. The van der Waals surface area contributed by atoms with Crippen LogP contribution in [0.1, 0.15) is 5.56 Å². The van der Waals surface area contributed by atoms with Crippen molar-refractivity contribution >= 4 is 22.4 Å². The van der Waals surface area contributed by atoms with E-state index in [0.717, 1.165) is 33.7 Å². The number of fused-ring (bicyclic) bond motifs is 1. The van der Waals surface area contributed by atoms with Crippen LogP contribution in [0.15, 0.2) is 72.8 Å². The molecule has 0 saturated heterocycles. The highest BCUT2D eigenvalue weighted by Gasteiger charge is 2.10. The number of nitrogens with one attached hydrogen (secondary N) is 1. The highest BCUT2D eigenvalue weighted by Crippen LogP contribution is 2.29. The van der Waals surface area contributed by atoms with E-state index in [1.165, 1.54) is 5.56 Å². The average molecular weight is 341 g/mol. The maximum atomic E-state index is 5.24. The first kappa shape index (κ1) is 16.1. The largest absolute Gasteiger partial charge is 0.497 e. The maximum absolute atomic E-state index is 5.24. The first-order valence-corrected chi connectivity index (χ1v) is 8.48. The van der Waals surface area contributed by atoms with E-state index in [-0.39, 0.29) is 0 Å². The molecule has 0 aliphatic heterocycles. The van der Waals surface area contributed by atoms with Crippen molar-refractivity contribution in [3.05, 3.63) is 78.4 Å². The zero-order valence-electron chi connectivity index (χ0n) is 14.7. The molecule has 0 spiro atoms. The zero-order chi connectivity index (χ0) is 17.9. The Balaban J connectivity index is 1.84. The van der Waals surface area contributed by atoms with Crippen molar-refractivity contribution in [1.82, 2.24) is 9.97 Å². The van der Waals surface area contributed by atoms with Gasteiger partial charge in [0, 0.05) is 16.6 Å². The Kier molecular flexibility index (Phi) is 4.23. The van der Waals surface area contributed by atoms with Crippen LogP contribution in [0.2, 0.25) is 0 Å². The molecule has 3 aromatic carbocycles. The van der Waals surface area contributed by atoms with Crippen LogP contribution < -0.4 is 10.1 Å². The lowest BCUT2D eigenvalue weighted by molar-refractivity contribution is 0.415. The van der Waals surface area contributed by atoms with Crippen LogP contribution >= 0.6 is 0 Å². The standard InChI is InChI=1S/C22H19N3O/c1-15-7-3-5-9-19(15)23-22-18-8-4-6-10-20(18)24-21(25-22)16-11-13-17(26-2)14-12-16/h3-14H,1-2H3,(H,23,24,25). The van der Waals surface area contributed by atoms with Crippen molar-refractivity contribution in [2.45, 2.75) is 6.92 Å². The zero-order valence-corrected chi connectivity index (χ0v) is 14.7. The quantitative estimate of drug-likeness (QED) is 0.543. The SMILES string of the molecule is COc1ccc(-c2nc(Nc3ccccc3C)c3ccccc3n2)cc1. The summed E-state index contributed by atoms with van der Waals surface area (Å²) < 4.78 is 5.24. The molecule has 0 fully saturated rings. The Morgan fingerprint density at radius 1 is 0.808 bits per heavy atom. The molecule has 0 unspecified atom stereocenters. The second-order valence-electron chi connectivity index (χ2n) is 6.08. The van der Waals surface area contributed by atoms with Gasteiger partial charge in [-0.05, 0) is 55.0 Å². The first-order valence-electron chi connectivity index (χ1n) is 8.48. The van der Waals surface area contributed by atoms with Crippen LogP contribution in [0.3, 0.4) is 0 Å². The number of ether oxygens (including phenoxy) is 1. The molecular formula is C22H19N3O. The predicted molar refractivity (Wildman–Crippen MR) is 106 cm³/mol. The monoisotopic (exact) mass is 341 g/mol. The van der Waals surface area contributed by atoms with Crippen molar-refractivity contribution in [2.75, 3.05) is 12.4 Å². The molecule has 0 amide bonds. The average Bonchev–Trinajstić information content (AvgIpc) is 2.69. The summed E-state index contributed by atoms with van der Waals surface area (Å²) in [6.07, 6.45) is 0. The van der Waals surface area contributed by atoms with E-state index in [9.17, 15) is 0 Å². The molecule has 4 rings (SSSR count). The summed E-state index contributed by atoms with van der Waals surface area (Å²) in [5.74, 6) is 2.30. The molecule has 0 bridgehead atoms. The fraction of sp³-hybridized carbons (Fsp3) is 0.0909. The van der Waals surface area contributed by atoms with Gasteiger partial charge in [-0.25, -0.2) is 9.97 Å². The summed E-state index contributed by atoms with van der Waals surface area (Å²) >= 11 is 0. The molecule has 1 aromatic heterocycles. The van der Waals surface area contributed by atoms with E-state index in [1.807, 2.05) is 60.7 Å². The van der Waals surface area contributed by atoms with Crippen LogP contribution in [0, 0.1) is 6.92 Å². The Morgan fingerprint density at radius 2 is 1.54 bits per heavy atom. The molecule has 128 valence electrons. The summed E-state index contributed by atoms with van der Waals surface area (Å²) in [5, 5.41) is 4.47. The van der Waals surface area contributed by atoms with Crippen LogP contribution in [0.25, 0.3) is 22.3 Å². The number of methoxy groups -OCH3 is 1. The minimum atomic E-state index is 0.683. The van der Waals surface area contributed by atoms with Gasteiger partial charge >= 0.3 is 0 Å². The lowest BCUT2D eigenvalue weighted by atomic mass is 10.1. The summed E-state index contributed by atoms with van der Waals surface area (Å²) in [6.45, 7) is 2.08. The molecule has 4 heteroatoms. The Hall–Kier alpha value is -3.40. The predicted octanol–water partition coefficient (Wildman–Crippen LogP) is 5.36. The minimum absolute atomic E-state index is 0.683. The summed E-state index contributed by atoms with van der Waals surface area (Å²) in [4.78, 5) is 9.53. The van der Waals surface area contributed by atoms with Gasteiger partial charge in [0.05, 0.1) is 12.6 Å². The normalized spacial score (nSPS) is 10.7. The van der Waals surface area contributed by atoms with E-state index < -0.39 is 0 Å². The molecule has 0 aliphatic rings. The number of rotatable bonds is 4. The number of benzene rings is 3. The number of aromatic nitrogens is 2. The molecule has 4 aromatic rings. The van der Waals surface area contributed by atoms with Gasteiger partial charge in [0.25, 0.3) is 0 Å². The van der Waals surface area contributed by atoms with E-state index in [4.69, 9.17) is 14.7 Å². The summed E-state index contributed by atoms with van der Waals surface area (Å²) in [7, 11) is 1.66. The topological polar surface area (TPSA) is 47.0 Å². The van der Waals surface area contributed by atoms with Crippen molar-refractivity contribution in [3.63, 3.8) is 0 Å². The molecule has 0 atom stereocenters. The Morgan fingerprint density at radius 3 is 2.31 bits per heavy atom. The molecule has 1 heterocycles. The molecule has 0 radical (unpaired) electrons. The first-order chi connectivity index (χ1) is 12.7. The molecular weight excluding hydrogens is 322 g/mol. The number of hydrogen-bond donors (Lipinski definition) is 1. The van der Waals surface area contributed by atoms with E-state index in [0.29, 0.717) is 5.82 Å². The molecule has 0 aliphatic carbocycles. The summed E-state index contributed by atoms with van der Waals surface area (Å²) in [5.41, 5.74) is 4.06. The third kappa shape index (κ3) is 3.09. The fourth-order valence-corrected chi connectivity index (χ4v) is 2.88. The van der Waals surface area contributed by atoms with E-state index >= 15 is 0 Å². The van der Waals surface area contributed by atoms with Gasteiger partial charge in [0.2, 0.25) is 0 Å². The van der Waals surface area contributed by atoms with Crippen molar-refractivity contribution in [2.24, 2.45) is 0 Å². The van der Waals surface area contributed by atoms with Crippen LogP contribution in [-0.4, -0.2) is 17.1 Å². The number of nitrogens with zero attached hydrogens (tertiary/aromatic N) is 2. The smallest absolute Gasteiger partial charge is 0.162 e. The minimum Gasteiger partial charge on any atom is -0.497 e. The van der Waals surface area contributed by atoms with Crippen LogP contribution in [0.4, 0.5) is 11.5 Å². The number of hydrogen-bond acceptors (Lipinski definition) is 4. The van der Waals surface area contributed by atoms with Gasteiger partial charge in [-0.2, -0.15) is 0 Å². The van der Waals surface area contributed by atoms with E-state index in [1.54, 1.807) is 7.11 Å². The van der Waals surface area contributed by atoms with Crippen LogP contribution in [-0.2, 0) is 0 Å². The third-order valence-corrected chi connectivity index (χ3v) is 4.35. The van der Waals surface area contributed by atoms with E-state index in [2.05, 4.69) is 24.4 Å². The van der Waals surface area contributed by atoms with Gasteiger partial charge in [-0.15, -0.1) is 0 Å². The summed E-state index contributed by atoms with van der Waals surface area (Å²) in [6, 6.07) is 24.0. The molecule has 0 saturated carbocycles. The van der Waals surface area contributed by atoms with Crippen molar-refractivity contribution in [1.29, 1.82) is 0 Å². The number of aryl methyl sites for hydroxylation is 1. The fourth-order valence-electron chi connectivity index (χ4n) is 2.88. The lowest BCUT2D eigenvalue weighted by Crippen LogP contribution is -2.00. The van der Waals surface area contributed by atoms with Gasteiger partial charge in [-0.3, -0.25) is 0 Å². The van der Waals surface area contributed by atoms with Gasteiger partial charge in [0.15, 0.2) is 5.82 Å². The molecule has 4 nitrogen and oxygen atoms in total. The van der Waals surface area contributed by atoms with Gasteiger partial charge in [-0.1, -0.05) is 30.3 Å². The highest BCUT2D eigenvalue weighted by atomic mass is 16.5. The second-order valence-corrected chi connectivity index (χ2v) is 6.08. The molecule has 1 N–H and O–H groups in total. The molecule has 26 heavy (non-hydrogen) atoms. The van der Waals surface area contributed by atoms with Gasteiger partial charge < -0.3 is 10.1 Å². The van der Waals surface area contributed by atoms with Crippen molar-refractivity contribution in [3.8, 4) is 17.1 Å².